The highest BCUT2D eigenvalue weighted by molar-refractivity contribution is 6.30. The Morgan fingerprint density at radius 3 is 2.07 bits per heavy atom. The number of hydrogen-bond donors (Lipinski definition) is 1. The molecule has 3 aromatic carbocycles. The first kappa shape index (κ1) is 21.6. The predicted octanol–water partition coefficient (Wildman–Crippen LogP) is 4.64. The van der Waals surface area contributed by atoms with Gasteiger partial charge in [0.05, 0.1) is 12.6 Å². The van der Waals surface area contributed by atoms with Crippen LogP contribution in [0.1, 0.15) is 29.2 Å². The molecule has 0 aliphatic heterocycles. The highest BCUT2D eigenvalue weighted by Gasteiger charge is 2.23. The van der Waals surface area contributed by atoms with Gasteiger partial charge in [-0.25, -0.2) is 0 Å². The monoisotopic (exact) mass is 420 g/mol. The Kier molecular flexibility index (Phi) is 7.63. The zero-order valence-corrected chi connectivity index (χ0v) is 17.7. The van der Waals surface area contributed by atoms with E-state index in [2.05, 4.69) is 5.32 Å². The molecule has 0 aliphatic rings. The first-order valence-corrected chi connectivity index (χ1v) is 10.3. The van der Waals surface area contributed by atoms with Gasteiger partial charge in [0.15, 0.2) is 0 Å². The Morgan fingerprint density at radius 1 is 0.867 bits per heavy atom. The van der Waals surface area contributed by atoms with Crippen molar-refractivity contribution in [2.24, 2.45) is 0 Å². The Balaban J connectivity index is 1.63. The van der Waals surface area contributed by atoms with E-state index >= 15 is 0 Å². The maximum atomic E-state index is 12.9. The minimum atomic E-state index is -0.266. The Labute approximate surface area is 182 Å². The molecule has 3 aromatic rings. The molecule has 5 heteroatoms. The summed E-state index contributed by atoms with van der Waals surface area (Å²) in [5, 5.41) is 3.39. The molecule has 1 atom stereocenters. The van der Waals surface area contributed by atoms with E-state index in [1.54, 1.807) is 11.9 Å². The number of likely N-dealkylation sites (N-methyl/N-ethyl adjacent to an activating group) is 1. The number of halogens is 1. The maximum absolute atomic E-state index is 12.9. The van der Waals surface area contributed by atoms with Crippen LogP contribution in [0.5, 0.6) is 0 Å². The van der Waals surface area contributed by atoms with Gasteiger partial charge in [-0.1, -0.05) is 84.4 Å². The predicted molar refractivity (Wildman–Crippen MR) is 120 cm³/mol. The number of aryl methyl sites for hydroxylation is 1. The van der Waals surface area contributed by atoms with E-state index in [0.717, 1.165) is 16.7 Å². The normalized spacial score (nSPS) is 11.5. The Morgan fingerprint density at radius 2 is 1.43 bits per heavy atom. The van der Waals surface area contributed by atoms with E-state index in [-0.39, 0.29) is 24.4 Å². The largest absolute Gasteiger partial charge is 0.347 e. The van der Waals surface area contributed by atoms with Gasteiger partial charge in [0.25, 0.3) is 0 Å². The molecule has 0 aliphatic carbocycles. The van der Waals surface area contributed by atoms with Crippen molar-refractivity contribution in [1.29, 1.82) is 0 Å². The second kappa shape index (κ2) is 10.6. The van der Waals surface area contributed by atoms with Crippen molar-refractivity contribution in [3.63, 3.8) is 0 Å². The van der Waals surface area contributed by atoms with Crippen molar-refractivity contribution in [3.8, 4) is 0 Å². The highest BCUT2D eigenvalue weighted by Crippen LogP contribution is 2.28. The van der Waals surface area contributed by atoms with E-state index in [4.69, 9.17) is 11.6 Å². The van der Waals surface area contributed by atoms with Crippen LogP contribution in [0.25, 0.3) is 0 Å². The van der Waals surface area contributed by atoms with Gasteiger partial charge in [-0.2, -0.15) is 0 Å². The first-order chi connectivity index (χ1) is 14.5. The average molecular weight is 421 g/mol. The van der Waals surface area contributed by atoms with E-state index in [9.17, 15) is 9.59 Å². The summed E-state index contributed by atoms with van der Waals surface area (Å²) in [5.41, 5.74) is 3.05. The quantitative estimate of drug-likeness (QED) is 0.577. The number of benzene rings is 3. The SMILES string of the molecule is CN(C(=O)CNC(=O)CCc1ccccc1)C(c1ccccc1)c1ccc(Cl)cc1. The molecule has 0 bridgehead atoms. The molecule has 2 amide bonds. The van der Waals surface area contributed by atoms with Crippen LogP contribution < -0.4 is 5.32 Å². The highest BCUT2D eigenvalue weighted by atomic mass is 35.5. The van der Waals surface area contributed by atoms with Gasteiger partial charge >= 0.3 is 0 Å². The lowest BCUT2D eigenvalue weighted by atomic mass is 9.97. The lowest BCUT2D eigenvalue weighted by molar-refractivity contribution is -0.133. The van der Waals surface area contributed by atoms with Gasteiger partial charge in [-0.05, 0) is 35.2 Å². The minimum absolute atomic E-state index is 0.0406. The van der Waals surface area contributed by atoms with Crippen LogP contribution in [0.2, 0.25) is 5.02 Å². The molecule has 3 rings (SSSR count). The Hall–Kier alpha value is -3.11. The van der Waals surface area contributed by atoms with Crippen molar-refractivity contribution in [2.45, 2.75) is 18.9 Å². The number of amides is 2. The number of nitrogens with one attached hydrogen (secondary N) is 1. The molecule has 0 spiro atoms. The summed E-state index contributed by atoms with van der Waals surface area (Å²) in [6, 6.07) is 26.8. The van der Waals surface area contributed by atoms with Crippen molar-refractivity contribution in [2.75, 3.05) is 13.6 Å². The summed E-state index contributed by atoms with van der Waals surface area (Å²) < 4.78 is 0. The zero-order chi connectivity index (χ0) is 21.3. The second-order valence-corrected chi connectivity index (χ2v) is 7.57. The van der Waals surface area contributed by atoms with Gasteiger partial charge in [0.2, 0.25) is 11.8 Å². The zero-order valence-electron chi connectivity index (χ0n) is 16.9. The van der Waals surface area contributed by atoms with Crippen LogP contribution in [0.4, 0.5) is 0 Å². The van der Waals surface area contributed by atoms with E-state index in [0.29, 0.717) is 17.9 Å². The summed E-state index contributed by atoms with van der Waals surface area (Å²) >= 11 is 6.03. The third kappa shape index (κ3) is 5.94. The molecular formula is C25H25ClN2O2. The molecule has 0 fully saturated rings. The molecule has 154 valence electrons. The topological polar surface area (TPSA) is 49.4 Å². The molecule has 0 saturated heterocycles. The number of hydrogen-bond acceptors (Lipinski definition) is 2. The molecule has 1 unspecified atom stereocenters. The molecule has 0 heterocycles. The van der Waals surface area contributed by atoms with Crippen LogP contribution >= 0.6 is 11.6 Å². The lowest BCUT2D eigenvalue weighted by Gasteiger charge is -2.29. The maximum Gasteiger partial charge on any atom is 0.242 e. The van der Waals surface area contributed by atoms with Crippen molar-refractivity contribution >= 4 is 23.4 Å². The standard InChI is InChI=1S/C25H25ClN2O2/c1-28(24(30)18-27-23(29)17-12-19-8-4-2-5-9-19)25(20-10-6-3-7-11-20)21-13-15-22(26)16-14-21/h2-11,13-16,25H,12,17-18H2,1H3,(H,27,29). The lowest BCUT2D eigenvalue weighted by Crippen LogP contribution is -2.40. The minimum Gasteiger partial charge on any atom is -0.347 e. The van der Waals surface area contributed by atoms with Crippen molar-refractivity contribution in [1.82, 2.24) is 10.2 Å². The van der Waals surface area contributed by atoms with Gasteiger partial charge in [-0.3, -0.25) is 9.59 Å². The third-order valence-corrected chi connectivity index (χ3v) is 5.25. The number of carbonyl (C=O) groups excluding carboxylic acids is 2. The van der Waals surface area contributed by atoms with Crippen molar-refractivity contribution < 1.29 is 9.59 Å². The molecule has 0 aromatic heterocycles. The van der Waals surface area contributed by atoms with Gasteiger partial charge in [0.1, 0.15) is 0 Å². The smallest absolute Gasteiger partial charge is 0.242 e. The fourth-order valence-corrected chi connectivity index (χ4v) is 3.48. The molecular weight excluding hydrogens is 396 g/mol. The van der Waals surface area contributed by atoms with Crippen LogP contribution in [-0.4, -0.2) is 30.3 Å². The summed E-state index contributed by atoms with van der Waals surface area (Å²) in [5.74, 6) is -0.296. The fourth-order valence-electron chi connectivity index (χ4n) is 3.35. The summed E-state index contributed by atoms with van der Waals surface area (Å²) in [7, 11) is 1.75. The number of nitrogens with zero attached hydrogens (tertiary/aromatic N) is 1. The fraction of sp³-hybridized carbons (Fsp3) is 0.200. The van der Waals surface area contributed by atoms with E-state index in [1.165, 1.54) is 0 Å². The summed E-state index contributed by atoms with van der Waals surface area (Å²) in [6.45, 7) is -0.0406. The van der Waals surface area contributed by atoms with Crippen LogP contribution in [0.3, 0.4) is 0 Å². The molecule has 1 N–H and O–H groups in total. The first-order valence-electron chi connectivity index (χ1n) is 9.91. The van der Waals surface area contributed by atoms with Crippen LogP contribution in [0, 0.1) is 0 Å². The van der Waals surface area contributed by atoms with Crippen LogP contribution in [0.15, 0.2) is 84.9 Å². The second-order valence-electron chi connectivity index (χ2n) is 7.13. The third-order valence-electron chi connectivity index (χ3n) is 5.00. The molecule has 4 nitrogen and oxygen atoms in total. The average Bonchev–Trinajstić information content (AvgIpc) is 2.79. The number of carbonyl (C=O) groups is 2. The van der Waals surface area contributed by atoms with Crippen LogP contribution in [-0.2, 0) is 16.0 Å². The van der Waals surface area contributed by atoms with Gasteiger partial charge in [-0.15, -0.1) is 0 Å². The molecule has 0 radical (unpaired) electrons. The molecule has 0 saturated carbocycles. The van der Waals surface area contributed by atoms with E-state index < -0.39 is 0 Å². The Bertz CT molecular complexity index is 959. The van der Waals surface area contributed by atoms with Gasteiger partial charge < -0.3 is 10.2 Å². The summed E-state index contributed by atoms with van der Waals surface area (Å²) in [6.07, 6.45) is 0.994. The van der Waals surface area contributed by atoms with E-state index in [1.807, 2.05) is 84.9 Å². The summed E-state index contributed by atoms with van der Waals surface area (Å²) in [4.78, 5) is 26.7. The number of rotatable bonds is 8. The van der Waals surface area contributed by atoms with Gasteiger partial charge in [0, 0.05) is 18.5 Å². The molecule has 30 heavy (non-hydrogen) atoms. The van der Waals surface area contributed by atoms with Crippen molar-refractivity contribution in [3.05, 3.63) is 107 Å².